The van der Waals surface area contributed by atoms with E-state index in [4.69, 9.17) is 8.83 Å². The van der Waals surface area contributed by atoms with E-state index in [1.165, 1.54) is 12.5 Å². The number of aromatic nitrogens is 1. The zero-order chi connectivity index (χ0) is 17.0. The van der Waals surface area contributed by atoms with Gasteiger partial charge in [-0.1, -0.05) is 0 Å². The molecular weight excluding hydrogens is 298 g/mol. The third kappa shape index (κ3) is 4.21. The number of nitrogens with one attached hydrogen (secondary N) is 1. The summed E-state index contributed by atoms with van der Waals surface area (Å²) in [7, 11) is 0. The fourth-order valence-corrected chi connectivity index (χ4v) is 2.00. The van der Waals surface area contributed by atoms with E-state index in [0.29, 0.717) is 5.89 Å². The number of amides is 2. The van der Waals surface area contributed by atoms with E-state index in [2.05, 4.69) is 10.3 Å². The quantitative estimate of drug-likeness (QED) is 0.883. The maximum absolute atomic E-state index is 12.4. The summed E-state index contributed by atoms with van der Waals surface area (Å²) in [6.07, 6.45) is 2.74. The van der Waals surface area contributed by atoms with Crippen LogP contribution in [-0.2, 0) is 6.54 Å². The maximum atomic E-state index is 12.4. The third-order valence-electron chi connectivity index (χ3n) is 3.13. The molecule has 0 saturated carbocycles. The van der Waals surface area contributed by atoms with Crippen molar-refractivity contribution >= 4 is 11.8 Å². The number of oxazole rings is 1. The summed E-state index contributed by atoms with van der Waals surface area (Å²) in [5.74, 6) is -0.00428. The highest BCUT2D eigenvalue weighted by atomic mass is 16.3. The predicted molar refractivity (Wildman–Crippen MR) is 82.8 cm³/mol. The fourth-order valence-electron chi connectivity index (χ4n) is 2.00. The minimum Gasteiger partial charge on any atom is -0.459 e. The molecule has 0 saturated heterocycles. The molecular formula is C16H21N3O4. The lowest BCUT2D eigenvalue weighted by molar-refractivity contribution is 0.0639. The highest BCUT2D eigenvalue weighted by Gasteiger charge is 2.24. The number of rotatable bonds is 6. The number of furan rings is 1. The van der Waals surface area contributed by atoms with Crippen molar-refractivity contribution in [1.82, 2.24) is 15.2 Å². The average molecular weight is 319 g/mol. The molecule has 7 nitrogen and oxygen atoms in total. The van der Waals surface area contributed by atoms with E-state index in [-0.39, 0.29) is 41.9 Å². The Balaban J connectivity index is 2.11. The van der Waals surface area contributed by atoms with Crippen molar-refractivity contribution in [2.75, 3.05) is 0 Å². The van der Waals surface area contributed by atoms with Gasteiger partial charge >= 0.3 is 0 Å². The van der Waals surface area contributed by atoms with Gasteiger partial charge in [0.25, 0.3) is 11.8 Å². The lowest BCUT2D eigenvalue weighted by Gasteiger charge is -2.24. The van der Waals surface area contributed by atoms with Crippen molar-refractivity contribution in [3.63, 3.8) is 0 Å². The van der Waals surface area contributed by atoms with E-state index in [0.717, 1.165) is 0 Å². The molecule has 0 aliphatic rings. The zero-order valence-electron chi connectivity index (χ0n) is 13.7. The van der Waals surface area contributed by atoms with Crippen LogP contribution in [0, 0.1) is 0 Å². The summed E-state index contributed by atoms with van der Waals surface area (Å²) in [5, 5.41) is 2.74. The first-order valence-electron chi connectivity index (χ1n) is 7.48. The van der Waals surface area contributed by atoms with Gasteiger partial charge in [-0.15, -0.1) is 0 Å². The van der Waals surface area contributed by atoms with Gasteiger partial charge in [-0.25, -0.2) is 4.98 Å². The summed E-state index contributed by atoms with van der Waals surface area (Å²) in [6.45, 7) is 7.65. The molecule has 0 aliphatic carbocycles. The maximum Gasteiger partial charge on any atom is 0.290 e. The monoisotopic (exact) mass is 319 g/mol. The standard InChI is InChI=1S/C16H21N3O4/c1-10(2)17-15(20)12-9-23-14(18-12)8-19(11(3)4)16(21)13-6-5-7-22-13/h5-7,9-11H,8H2,1-4H3,(H,17,20). The van der Waals surface area contributed by atoms with Crippen molar-refractivity contribution in [2.24, 2.45) is 0 Å². The minimum atomic E-state index is -0.302. The van der Waals surface area contributed by atoms with Gasteiger partial charge in [0, 0.05) is 12.1 Å². The lowest BCUT2D eigenvalue weighted by Crippen LogP contribution is -2.36. The first-order chi connectivity index (χ1) is 10.9. The number of carbonyl (C=O) groups is 2. The molecule has 2 amide bonds. The van der Waals surface area contributed by atoms with Crippen LogP contribution < -0.4 is 5.32 Å². The number of hydrogen-bond donors (Lipinski definition) is 1. The average Bonchev–Trinajstić information content (AvgIpc) is 3.14. The molecule has 2 aromatic rings. The molecule has 2 rings (SSSR count). The Bertz CT molecular complexity index is 659. The third-order valence-corrected chi connectivity index (χ3v) is 3.13. The van der Waals surface area contributed by atoms with Crippen molar-refractivity contribution in [2.45, 2.75) is 46.3 Å². The topological polar surface area (TPSA) is 88.6 Å². The fraction of sp³-hybridized carbons (Fsp3) is 0.438. The molecule has 0 atom stereocenters. The van der Waals surface area contributed by atoms with Gasteiger partial charge in [-0.2, -0.15) is 0 Å². The Kier molecular flexibility index (Phi) is 5.20. The summed E-state index contributed by atoms with van der Waals surface area (Å²) >= 11 is 0. The van der Waals surface area contributed by atoms with E-state index >= 15 is 0 Å². The molecule has 0 unspecified atom stereocenters. The smallest absolute Gasteiger partial charge is 0.290 e. The van der Waals surface area contributed by atoms with Gasteiger partial charge in [0.2, 0.25) is 5.89 Å². The SMILES string of the molecule is CC(C)NC(=O)c1coc(CN(C(=O)c2ccco2)C(C)C)n1. The van der Waals surface area contributed by atoms with E-state index in [1.807, 2.05) is 27.7 Å². The highest BCUT2D eigenvalue weighted by Crippen LogP contribution is 2.14. The first kappa shape index (κ1) is 16.8. The molecule has 2 heterocycles. The van der Waals surface area contributed by atoms with E-state index < -0.39 is 0 Å². The Morgan fingerprint density at radius 3 is 2.57 bits per heavy atom. The molecule has 2 aromatic heterocycles. The Morgan fingerprint density at radius 1 is 1.26 bits per heavy atom. The van der Waals surface area contributed by atoms with Crippen molar-refractivity contribution in [1.29, 1.82) is 0 Å². The van der Waals surface area contributed by atoms with Gasteiger partial charge in [-0.05, 0) is 39.8 Å². The van der Waals surface area contributed by atoms with Crippen LogP contribution in [0.2, 0.25) is 0 Å². The van der Waals surface area contributed by atoms with Gasteiger partial charge in [0.15, 0.2) is 11.5 Å². The Morgan fingerprint density at radius 2 is 2.00 bits per heavy atom. The molecule has 1 N–H and O–H groups in total. The molecule has 0 radical (unpaired) electrons. The largest absolute Gasteiger partial charge is 0.459 e. The predicted octanol–water partition coefficient (Wildman–Crippen LogP) is 2.46. The molecule has 0 aromatic carbocycles. The van der Waals surface area contributed by atoms with Crippen LogP contribution in [0.3, 0.4) is 0 Å². The second-order valence-electron chi connectivity index (χ2n) is 5.76. The summed E-state index contributed by atoms with van der Waals surface area (Å²) in [4.78, 5) is 30.0. The normalized spacial score (nSPS) is 11.0. The van der Waals surface area contributed by atoms with Crippen LogP contribution in [0.25, 0.3) is 0 Å². The molecule has 0 spiro atoms. The van der Waals surface area contributed by atoms with E-state index in [1.54, 1.807) is 17.0 Å². The van der Waals surface area contributed by atoms with Gasteiger partial charge in [0.1, 0.15) is 6.26 Å². The minimum absolute atomic E-state index is 0.00958. The van der Waals surface area contributed by atoms with Crippen molar-refractivity contribution in [3.8, 4) is 0 Å². The van der Waals surface area contributed by atoms with Crippen molar-refractivity contribution < 1.29 is 18.4 Å². The van der Waals surface area contributed by atoms with Crippen LogP contribution in [0.15, 0.2) is 33.5 Å². The van der Waals surface area contributed by atoms with Crippen LogP contribution >= 0.6 is 0 Å². The lowest BCUT2D eigenvalue weighted by atomic mass is 10.2. The molecule has 0 bridgehead atoms. The molecule has 124 valence electrons. The summed E-state index contributed by atoms with van der Waals surface area (Å²) < 4.78 is 10.5. The van der Waals surface area contributed by atoms with Gasteiger partial charge in [0.05, 0.1) is 12.8 Å². The zero-order valence-corrected chi connectivity index (χ0v) is 13.7. The molecule has 7 heteroatoms. The second-order valence-corrected chi connectivity index (χ2v) is 5.76. The highest BCUT2D eigenvalue weighted by molar-refractivity contribution is 5.92. The Labute approximate surface area is 134 Å². The summed E-state index contributed by atoms with van der Waals surface area (Å²) in [5.41, 5.74) is 0.197. The number of carbonyl (C=O) groups excluding carboxylic acids is 2. The van der Waals surface area contributed by atoms with Crippen LogP contribution in [0.5, 0.6) is 0 Å². The van der Waals surface area contributed by atoms with Gasteiger partial charge in [-0.3, -0.25) is 9.59 Å². The van der Waals surface area contributed by atoms with Gasteiger partial charge < -0.3 is 19.1 Å². The molecule has 23 heavy (non-hydrogen) atoms. The Hall–Kier alpha value is -2.57. The summed E-state index contributed by atoms with van der Waals surface area (Å²) in [6, 6.07) is 3.20. The van der Waals surface area contributed by atoms with E-state index in [9.17, 15) is 9.59 Å². The second kappa shape index (κ2) is 7.13. The van der Waals surface area contributed by atoms with Crippen LogP contribution in [0.1, 0.15) is 54.6 Å². The van der Waals surface area contributed by atoms with Crippen LogP contribution in [-0.4, -0.2) is 33.8 Å². The molecule has 0 aliphatic heterocycles. The molecule has 0 fully saturated rings. The first-order valence-corrected chi connectivity index (χ1v) is 7.48. The number of nitrogens with zero attached hydrogens (tertiary/aromatic N) is 2. The number of hydrogen-bond acceptors (Lipinski definition) is 5. The van der Waals surface area contributed by atoms with Crippen LogP contribution in [0.4, 0.5) is 0 Å². The van der Waals surface area contributed by atoms with Crippen molar-refractivity contribution in [3.05, 3.63) is 42.0 Å².